The number of amides is 2. The van der Waals surface area contributed by atoms with Crippen molar-refractivity contribution in [3.63, 3.8) is 0 Å². The molecular weight excluding hydrogens is 318 g/mol. The third-order valence-electron chi connectivity index (χ3n) is 5.00. The maximum absolute atomic E-state index is 12.7. The number of halogens is 4. The maximum Gasteiger partial charge on any atom is 0.471 e. The Hall–Kier alpha value is -1.38. The summed E-state index contributed by atoms with van der Waals surface area (Å²) < 4.78 is 50.6. The van der Waals surface area contributed by atoms with E-state index in [2.05, 4.69) is 5.32 Å². The fourth-order valence-corrected chi connectivity index (χ4v) is 3.56. The number of nitrogens with zero attached hydrogens (tertiary/aromatic N) is 2. The van der Waals surface area contributed by atoms with Gasteiger partial charge in [-0.15, -0.1) is 0 Å². The molecule has 0 aromatic carbocycles. The molecule has 9 heteroatoms. The summed E-state index contributed by atoms with van der Waals surface area (Å²) in [5.74, 6) is -2.02. The first-order chi connectivity index (χ1) is 10.8. The van der Waals surface area contributed by atoms with E-state index in [9.17, 15) is 27.2 Å². The van der Waals surface area contributed by atoms with Gasteiger partial charge in [0, 0.05) is 25.7 Å². The lowest BCUT2D eigenvalue weighted by atomic mass is 10.1. The smallest absolute Gasteiger partial charge is 0.337 e. The molecule has 5 nitrogen and oxygen atoms in total. The number of piperazine rings is 1. The van der Waals surface area contributed by atoms with Crippen LogP contribution in [0.3, 0.4) is 0 Å². The van der Waals surface area contributed by atoms with Gasteiger partial charge in [0.2, 0.25) is 5.91 Å². The summed E-state index contributed by atoms with van der Waals surface area (Å²) in [6, 6.07) is -0.802. The third-order valence-corrected chi connectivity index (χ3v) is 5.00. The zero-order chi connectivity index (χ0) is 16.8. The van der Waals surface area contributed by atoms with Gasteiger partial charge in [0.25, 0.3) is 0 Å². The van der Waals surface area contributed by atoms with Crippen molar-refractivity contribution in [3.05, 3.63) is 0 Å². The standard InChI is InChI=1S/C14H19F4N3O2/c15-7-9-1-2-10(19-9)11(22)20-5-6-21(12(23)14(16,17)18)13(8-20)3-4-13/h9-10,19H,1-8H2/t9-,10-/m0/s1. The van der Waals surface area contributed by atoms with Crippen LogP contribution in [0.5, 0.6) is 0 Å². The largest absolute Gasteiger partial charge is 0.471 e. The molecule has 0 aromatic heterocycles. The van der Waals surface area contributed by atoms with E-state index in [1.807, 2.05) is 0 Å². The van der Waals surface area contributed by atoms with E-state index in [4.69, 9.17) is 0 Å². The number of hydrogen-bond donors (Lipinski definition) is 1. The van der Waals surface area contributed by atoms with Crippen LogP contribution in [-0.4, -0.2) is 71.7 Å². The molecule has 3 fully saturated rings. The van der Waals surface area contributed by atoms with E-state index >= 15 is 0 Å². The SMILES string of the molecule is O=C([C@@H]1CC[C@@H](CF)N1)N1CCN(C(=O)C(F)(F)F)C2(CC2)C1. The minimum absolute atomic E-state index is 0.0842. The number of carbonyl (C=O) groups is 2. The fraction of sp³-hybridized carbons (Fsp3) is 0.857. The first-order valence-corrected chi connectivity index (χ1v) is 7.76. The average Bonchev–Trinajstić information content (AvgIpc) is 3.10. The van der Waals surface area contributed by atoms with Crippen LogP contribution in [0, 0.1) is 0 Å². The molecule has 3 rings (SSSR count). The molecule has 1 aliphatic carbocycles. The lowest BCUT2D eigenvalue weighted by Gasteiger charge is -2.43. The summed E-state index contributed by atoms with van der Waals surface area (Å²) in [6.45, 7) is -0.433. The van der Waals surface area contributed by atoms with Crippen molar-refractivity contribution in [2.45, 2.75) is 49.5 Å². The highest BCUT2D eigenvalue weighted by molar-refractivity contribution is 5.85. The third kappa shape index (κ3) is 3.02. The Morgan fingerprint density at radius 2 is 1.87 bits per heavy atom. The topological polar surface area (TPSA) is 52.7 Å². The molecule has 1 spiro atoms. The summed E-state index contributed by atoms with van der Waals surface area (Å²) in [5, 5.41) is 2.92. The van der Waals surface area contributed by atoms with Crippen molar-refractivity contribution >= 4 is 11.8 Å². The van der Waals surface area contributed by atoms with Gasteiger partial charge in [0.05, 0.1) is 11.6 Å². The van der Waals surface area contributed by atoms with E-state index < -0.39 is 30.3 Å². The lowest BCUT2D eigenvalue weighted by Crippen LogP contribution is -2.62. The summed E-state index contributed by atoms with van der Waals surface area (Å²) in [6.07, 6.45) is -2.83. The van der Waals surface area contributed by atoms with E-state index in [0.29, 0.717) is 25.7 Å². The van der Waals surface area contributed by atoms with Crippen molar-refractivity contribution in [2.24, 2.45) is 0 Å². The Labute approximate surface area is 131 Å². The highest BCUT2D eigenvalue weighted by Gasteiger charge is 2.58. The van der Waals surface area contributed by atoms with Crippen molar-refractivity contribution in [1.29, 1.82) is 0 Å². The monoisotopic (exact) mass is 337 g/mol. The zero-order valence-electron chi connectivity index (χ0n) is 12.5. The van der Waals surface area contributed by atoms with Crippen LogP contribution in [0.25, 0.3) is 0 Å². The van der Waals surface area contributed by atoms with Crippen LogP contribution in [0.1, 0.15) is 25.7 Å². The molecule has 1 N–H and O–H groups in total. The second-order valence-electron chi connectivity index (χ2n) is 6.59. The van der Waals surface area contributed by atoms with Gasteiger partial charge < -0.3 is 15.1 Å². The molecule has 23 heavy (non-hydrogen) atoms. The minimum atomic E-state index is -4.89. The number of hydrogen-bond acceptors (Lipinski definition) is 3. The van der Waals surface area contributed by atoms with Gasteiger partial charge in [-0.05, 0) is 25.7 Å². The second-order valence-corrected chi connectivity index (χ2v) is 6.59. The zero-order valence-corrected chi connectivity index (χ0v) is 12.5. The average molecular weight is 337 g/mol. The van der Waals surface area contributed by atoms with Crippen LogP contribution >= 0.6 is 0 Å². The molecule has 0 unspecified atom stereocenters. The maximum atomic E-state index is 12.7. The van der Waals surface area contributed by atoms with E-state index in [1.54, 1.807) is 0 Å². The van der Waals surface area contributed by atoms with Gasteiger partial charge in [-0.2, -0.15) is 13.2 Å². The van der Waals surface area contributed by atoms with Crippen molar-refractivity contribution in [3.8, 4) is 0 Å². The molecule has 0 aromatic rings. The Bertz CT molecular complexity index is 507. The fourth-order valence-electron chi connectivity index (χ4n) is 3.56. The molecule has 2 aliphatic heterocycles. The van der Waals surface area contributed by atoms with Crippen molar-refractivity contribution < 1.29 is 27.2 Å². The van der Waals surface area contributed by atoms with E-state index in [-0.39, 0.29) is 31.6 Å². The first kappa shape index (κ1) is 16.5. The van der Waals surface area contributed by atoms with Gasteiger partial charge in [-0.1, -0.05) is 0 Å². The van der Waals surface area contributed by atoms with Crippen LogP contribution in [0.15, 0.2) is 0 Å². The molecule has 2 heterocycles. The lowest BCUT2D eigenvalue weighted by molar-refractivity contribution is -0.191. The molecule has 0 bridgehead atoms. The Morgan fingerprint density at radius 1 is 1.17 bits per heavy atom. The number of nitrogens with one attached hydrogen (secondary N) is 1. The summed E-state index contributed by atoms with van der Waals surface area (Å²) in [4.78, 5) is 26.4. The molecule has 0 radical (unpaired) electrons. The number of alkyl halides is 4. The van der Waals surface area contributed by atoms with Gasteiger partial charge in [-0.3, -0.25) is 9.59 Å². The summed E-state index contributed by atoms with van der Waals surface area (Å²) in [7, 11) is 0. The second kappa shape index (κ2) is 5.61. The Kier molecular flexibility index (Phi) is 4.02. The molecule has 3 aliphatic rings. The van der Waals surface area contributed by atoms with Gasteiger partial charge in [0.15, 0.2) is 0 Å². The molecule has 1 saturated carbocycles. The van der Waals surface area contributed by atoms with Crippen LogP contribution in [0.2, 0.25) is 0 Å². The minimum Gasteiger partial charge on any atom is -0.337 e. The summed E-state index contributed by atoms with van der Waals surface area (Å²) in [5.41, 5.74) is -0.862. The molecule has 2 amide bonds. The van der Waals surface area contributed by atoms with Crippen LogP contribution in [0.4, 0.5) is 17.6 Å². The van der Waals surface area contributed by atoms with Crippen LogP contribution < -0.4 is 5.32 Å². The predicted molar refractivity (Wildman–Crippen MR) is 72.2 cm³/mol. The van der Waals surface area contributed by atoms with E-state index in [0.717, 1.165) is 4.90 Å². The molecular formula is C14H19F4N3O2. The molecule has 2 atom stereocenters. The Morgan fingerprint density at radius 3 is 2.39 bits per heavy atom. The van der Waals surface area contributed by atoms with Crippen LogP contribution in [-0.2, 0) is 9.59 Å². The van der Waals surface area contributed by atoms with Crippen molar-refractivity contribution in [2.75, 3.05) is 26.3 Å². The van der Waals surface area contributed by atoms with E-state index in [1.165, 1.54) is 4.90 Å². The quantitative estimate of drug-likeness (QED) is 0.760. The highest BCUT2D eigenvalue weighted by atomic mass is 19.4. The first-order valence-electron chi connectivity index (χ1n) is 7.76. The highest BCUT2D eigenvalue weighted by Crippen LogP contribution is 2.45. The number of rotatable bonds is 2. The normalized spacial score (nSPS) is 29.9. The molecule has 2 saturated heterocycles. The number of carbonyl (C=O) groups excluding carboxylic acids is 2. The molecule has 130 valence electrons. The summed E-state index contributed by atoms with van der Waals surface area (Å²) >= 11 is 0. The van der Waals surface area contributed by atoms with Gasteiger partial charge in [-0.25, -0.2) is 4.39 Å². The predicted octanol–water partition coefficient (Wildman–Crippen LogP) is 0.842. The van der Waals surface area contributed by atoms with Gasteiger partial charge >= 0.3 is 12.1 Å². The van der Waals surface area contributed by atoms with Gasteiger partial charge in [0.1, 0.15) is 6.67 Å². The van der Waals surface area contributed by atoms with Crippen molar-refractivity contribution in [1.82, 2.24) is 15.1 Å². The Balaban J connectivity index is 1.64.